The van der Waals surface area contributed by atoms with E-state index in [0.29, 0.717) is 12.0 Å². The summed E-state index contributed by atoms with van der Waals surface area (Å²) in [5.41, 5.74) is 7.16. The van der Waals surface area contributed by atoms with Crippen molar-refractivity contribution in [3.05, 3.63) is 35.0 Å². The highest BCUT2D eigenvalue weighted by Gasteiger charge is 2.26. The van der Waals surface area contributed by atoms with Crippen LogP contribution in [0.15, 0.2) is 28.6 Å². The SMILES string of the molecule is Cc1c(C(=O)NC2CCC2)cc(-c2ccc(SNC(C)(C)C)c3scnc23)n1CC1CCCCC1. The fraction of sp³-hybridized carbons (Fsp3) is 0.571. The van der Waals surface area contributed by atoms with Crippen molar-refractivity contribution in [3.63, 3.8) is 0 Å². The van der Waals surface area contributed by atoms with Crippen LogP contribution >= 0.6 is 23.3 Å². The summed E-state index contributed by atoms with van der Waals surface area (Å²) in [6.07, 6.45) is 9.96. The second kappa shape index (κ2) is 10.3. The molecule has 2 fully saturated rings. The summed E-state index contributed by atoms with van der Waals surface area (Å²) in [6, 6.07) is 6.87. The molecule has 2 heterocycles. The maximum Gasteiger partial charge on any atom is 0.253 e. The van der Waals surface area contributed by atoms with Crippen molar-refractivity contribution in [1.29, 1.82) is 0 Å². The van der Waals surface area contributed by atoms with Crippen LogP contribution in [-0.2, 0) is 6.54 Å². The highest BCUT2D eigenvalue weighted by molar-refractivity contribution is 7.97. The van der Waals surface area contributed by atoms with E-state index in [1.54, 1.807) is 23.3 Å². The summed E-state index contributed by atoms with van der Waals surface area (Å²) in [7, 11) is 0. The Bertz CT molecular complexity index is 1200. The third-order valence-electron chi connectivity index (χ3n) is 7.41. The van der Waals surface area contributed by atoms with Crippen LogP contribution in [0, 0.1) is 12.8 Å². The van der Waals surface area contributed by atoms with Gasteiger partial charge in [-0.25, -0.2) is 4.98 Å². The highest BCUT2D eigenvalue weighted by Crippen LogP contribution is 2.39. The highest BCUT2D eigenvalue weighted by atomic mass is 32.2. The summed E-state index contributed by atoms with van der Waals surface area (Å²) >= 11 is 3.37. The molecule has 7 heteroatoms. The van der Waals surface area contributed by atoms with E-state index in [1.165, 1.54) is 48.1 Å². The lowest BCUT2D eigenvalue weighted by atomic mass is 9.89. The number of hydrogen-bond acceptors (Lipinski definition) is 5. The number of amides is 1. The maximum atomic E-state index is 13.3. The van der Waals surface area contributed by atoms with Gasteiger partial charge in [0.2, 0.25) is 0 Å². The zero-order valence-electron chi connectivity index (χ0n) is 21.4. The van der Waals surface area contributed by atoms with Crippen LogP contribution in [0.2, 0.25) is 0 Å². The van der Waals surface area contributed by atoms with Crippen LogP contribution in [0.25, 0.3) is 21.5 Å². The van der Waals surface area contributed by atoms with Crippen molar-refractivity contribution in [2.45, 2.75) is 102 Å². The van der Waals surface area contributed by atoms with Gasteiger partial charge in [-0.3, -0.25) is 9.52 Å². The van der Waals surface area contributed by atoms with E-state index in [2.05, 4.69) is 60.5 Å². The lowest BCUT2D eigenvalue weighted by Gasteiger charge is -2.26. The van der Waals surface area contributed by atoms with E-state index in [9.17, 15) is 4.79 Å². The molecule has 0 unspecified atom stereocenters. The number of fused-ring (bicyclic) bond motifs is 1. The second-order valence-corrected chi connectivity index (χ2v) is 13.0. The molecular formula is C28H38N4OS2. The molecule has 2 N–H and O–H groups in total. The minimum atomic E-state index is 0.0227. The van der Waals surface area contributed by atoms with Crippen LogP contribution in [0.1, 0.15) is 88.2 Å². The van der Waals surface area contributed by atoms with Crippen molar-refractivity contribution in [2.75, 3.05) is 0 Å². The standard InChI is InChI=1S/C28H38N4OS2/c1-18-22(27(33)30-20-11-8-12-20)15-23(32(18)16-19-9-6-5-7-10-19)21-13-14-24(35-31-28(2,3)4)26-25(21)29-17-34-26/h13-15,17,19-20,31H,5-12,16H2,1-4H3,(H,30,33). The third-order valence-corrected chi connectivity index (χ3v) is 9.67. The number of nitrogens with one attached hydrogen (secondary N) is 2. The Morgan fingerprint density at radius 2 is 1.91 bits per heavy atom. The summed E-state index contributed by atoms with van der Waals surface area (Å²) < 4.78 is 7.16. The quantitative estimate of drug-likeness (QED) is 0.327. The molecule has 0 spiro atoms. The molecule has 2 aliphatic carbocycles. The maximum absolute atomic E-state index is 13.3. The number of benzene rings is 1. The molecule has 0 radical (unpaired) electrons. The Labute approximate surface area is 217 Å². The smallest absolute Gasteiger partial charge is 0.253 e. The minimum Gasteiger partial charge on any atom is -0.349 e. The first-order chi connectivity index (χ1) is 16.8. The molecule has 2 saturated carbocycles. The van der Waals surface area contributed by atoms with Gasteiger partial charge in [-0.1, -0.05) is 19.3 Å². The van der Waals surface area contributed by atoms with Crippen molar-refractivity contribution in [3.8, 4) is 11.3 Å². The fourth-order valence-corrected chi connectivity index (χ4v) is 6.93. The largest absolute Gasteiger partial charge is 0.349 e. The van der Waals surface area contributed by atoms with Gasteiger partial charge in [-0.2, -0.15) is 0 Å². The van der Waals surface area contributed by atoms with Crippen LogP contribution < -0.4 is 10.0 Å². The Balaban J connectivity index is 1.54. The molecule has 3 aromatic rings. The Hall–Kier alpha value is -1.83. The van der Waals surface area contributed by atoms with Crippen LogP contribution in [-0.4, -0.2) is 27.0 Å². The van der Waals surface area contributed by atoms with E-state index >= 15 is 0 Å². The van der Waals surface area contributed by atoms with Gasteiger partial charge in [-0.15, -0.1) is 11.3 Å². The zero-order valence-corrected chi connectivity index (χ0v) is 23.1. The summed E-state index contributed by atoms with van der Waals surface area (Å²) in [6.45, 7) is 9.63. The first-order valence-corrected chi connectivity index (χ1v) is 14.8. The van der Waals surface area contributed by atoms with Crippen molar-refractivity contribution in [1.82, 2.24) is 19.6 Å². The van der Waals surface area contributed by atoms with Gasteiger partial charge in [0.05, 0.1) is 27.0 Å². The average Bonchev–Trinajstić information content (AvgIpc) is 3.41. The number of aromatic nitrogens is 2. The van der Waals surface area contributed by atoms with E-state index in [4.69, 9.17) is 4.98 Å². The normalized spacial score (nSPS) is 17.6. The summed E-state index contributed by atoms with van der Waals surface area (Å²) in [5, 5.41) is 3.26. The van der Waals surface area contributed by atoms with Gasteiger partial charge < -0.3 is 9.88 Å². The molecule has 0 saturated heterocycles. The van der Waals surface area contributed by atoms with Gasteiger partial charge >= 0.3 is 0 Å². The van der Waals surface area contributed by atoms with E-state index < -0.39 is 0 Å². The molecule has 1 amide bonds. The second-order valence-electron chi connectivity index (χ2n) is 11.3. The molecule has 5 rings (SSSR count). The lowest BCUT2D eigenvalue weighted by molar-refractivity contribution is 0.0916. The first-order valence-electron chi connectivity index (χ1n) is 13.1. The molecule has 0 bridgehead atoms. The van der Waals surface area contributed by atoms with Gasteiger partial charge in [-0.05, 0) is 95.9 Å². The van der Waals surface area contributed by atoms with E-state index in [0.717, 1.165) is 47.4 Å². The molecular weight excluding hydrogens is 472 g/mol. The van der Waals surface area contributed by atoms with Gasteiger partial charge in [0.25, 0.3) is 5.91 Å². The number of nitrogens with zero attached hydrogens (tertiary/aromatic N) is 2. The van der Waals surface area contributed by atoms with Gasteiger partial charge in [0.1, 0.15) is 0 Å². The molecule has 2 aliphatic rings. The number of hydrogen-bond donors (Lipinski definition) is 2. The minimum absolute atomic E-state index is 0.0227. The predicted molar refractivity (Wildman–Crippen MR) is 148 cm³/mol. The van der Waals surface area contributed by atoms with Crippen molar-refractivity contribution < 1.29 is 4.79 Å². The summed E-state index contributed by atoms with van der Waals surface area (Å²) in [5.74, 6) is 0.750. The zero-order chi connectivity index (χ0) is 24.6. The number of carbonyl (C=O) groups is 1. The molecule has 0 atom stereocenters. The third kappa shape index (κ3) is 5.47. The van der Waals surface area contributed by atoms with Gasteiger partial charge in [0, 0.05) is 34.3 Å². The van der Waals surface area contributed by atoms with Crippen LogP contribution in [0.4, 0.5) is 0 Å². The molecule has 0 aliphatic heterocycles. The summed E-state index contributed by atoms with van der Waals surface area (Å²) in [4.78, 5) is 19.3. The van der Waals surface area contributed by atoms with Gasteiger partial charge in [0.15, 0.2) is 0 Å². The first kappa shape index (κ1) is 24.8. The Morgan fingerprint density at radius 1 is 1.14 bits per heavy atom. The monoisotopic (exact) mass is 510 g/mol. The number of rotatable bonds is 7. The van der Waals surface area contributed by atoms with E-state index in [-0.39, 0.29) is 11.4 Å². The Kier molecular flexibility index (Phi) is 7.29. The van der Waals surface area contributed by atoms with Crippen LogP contribution in [0.5, 0.6) is 0 Å². The van der Waals surface area contributed by atoms with Crippen LogP contribution in [0.3, 0.4) is 0 Å². The fourth-order valence-electron chi connectivity index (χ4n) is 5.20. The van der Waals surface area contributed by atoms with Crippen molar-refractivity contribution in [2.24, 2.45) is 5.92 Å². The van der Waals surface area contributed by atoms with Crippen molar-refractivity contribution >= 4 is 39.4 Å². The molecule has 5 nitrogen and oxygen atoms in total. The molecule has 188 valence electrons. The number of carbonyl (C=O) groups excluding carboxylic acids is 1. The topological polar surface area (TPSA) is 59.0 Å². The number of thiazole rings is 1. The molecule has 2 aromatic heterocycles. The van der Waals surface area contributed by atoms with E-state index in [1.807, 2.05) is 5.51 Å². The average molecular weight is 511 g/mol. The Morgan fingerprint density at radius 3 is 2.60 bits per heavy atom. The molecule has 35 heavy (non-hydrogen) atoms. The molecule has 1 aromatic carbocycles. The lowest BCUT2D eigenvalue weighted by Crippen LogP contribution is -2.39. The predicted octanol–water partition coefficient (Wildman–Crippen LogP) is 7.33.